The third-order valence-electron chi connectivity index (χ3n) is 3.59. The van der Waals surface area contributed by atoms with Crippen LogP contribution in [0.5, 0.6) is 0 Å². The van der Waals surface area contributed by atoms with Crippen LogP contribution in [0, 0.1) is 5.92 Å². The molecule has 4 heteroatoms. The van der Waals surface area contributed by atoms with Gasteiger partial charge in [0.1, 0.15) is 5.01 Å². The Kier molecular flexibility index (Phi) is 7.16. The number of benzene rings is 1. The van der Waals surface area contributed by atoms with Crippen molar-refractivity contribution >= 4 is 23.1 Å². The maximum Gasteiger partial charge on any atom is 0.107 e. The van der Waals surface area contributed by atoms with Gasteiger partial charge in [-0.25, -0.2) is 4.98 Å². The molecular formula is C18H24N2S2. The van der Waals surface area contributed by atoms with Gasteiger partial charge in [0.15, 0.2) is 0 Å². The first-order valence-corrected chi connectivity index (χ1v) is 9.68. The van der Waals surface area contributed by atoms with Gasteiger partial charge in [0, 0.05) is 23.2 Å². The highest BCUT2D eigenvalue weighted by Gasteiger charge is 2.08. The fourth-order valence-electron chi connectivity index (χ4n) is 2.31. The minimum atomic E-state index is 0.699. The van der Waals surface area contributed by atoms with Crippen molar-refractivity contribution in [1.82, 2.24) is 10.3 Å². The summed E-state index contributed by atoms with van der Waals surface area (Å²) >= 11 is 3.57. The number of thiazole rings is 1. The van der Waals surface area contributed by atoms with Gasteiger partial charge in [0.25, 0.3) is 0 Å². The molecule has 1 aromatic carbocycles. The van der Waals surface area contributed by atoms with Gasteiger partial charge in [-0.1, -0.05) is 31.2 Å². The molecule has 0 saturated heterocycles. The first kappa shape index (κ1) is 17.3. The van der Waals surface area contributed by atoms with Gasteiger partial charge >= 0.3 is 0 Å². The number of aromatic nitrogens is 1. The van der Waals surface area contributed by atoms with E-state index >= 15 is 0 Å². The quantitative estimate of drug-likeness (QED) is 0.387. The highest BCUT2D eigenvalue weighted by Crippen LogP contribution is 2.33. The lowest BCUT2D eigenvalue weighted by molar-refractivity contribution is 0.505. The van der Waals surface area contributed by atoms with Gasteiger partial charge in [0.05, 0.1) is 4.88 Å². The van der Waals surface area contributed by atoms with Crippen LogP contribution in [0.2, 0.25) is 0 Å². The maximum atomic E-state index is 4.55. The second-order valence-corrected chi connectivity index (χ2v) is 7.38. The number of thioether (sulfide) groups is 1. The van der Waals surface area contributed by atoms with Crippen LogP contribution in [-0.2, 0) is 6.54 Å². The Hall–Kier alpha value is -1.10. The molecular weight excluding hydrogens is 308 g/mol. The molecule has 0 aliphatic heterocycles. The van der Waals surface area contributed by atoms with Crippen LogP contribution < -0.4 is 5.32 Å². The van der Waals surface area contributed by atoms with Crippen molar-refractivity contribution in [2.75, 3.05) is 12.8 Å². The molecule has 1 N–H and O–H groups in total. The second-order valence-electron chi connectivity index (χ2n) is 5.41. The predicted octanol–water partition coefficient (Wildman–Crippen LogP) is 5.22. The lowest BCUT2D eigenvalue weighted by Crippen LogP contribution is -2.16. The Bertz CT molecular complexity index is 592. The standard InChI is InChI=1S/C18H24N2S2/c1-4-7-14(2)10-11-19-13-18-20-12-17(22-18)15-8-5-6-9-16(15)21-3/h4-6,8-9,12,14,19H,1,7,10-11,13H2,2-3H3. The predicted molar refractivity (Wildman–Crippen MR) is 99.6 cm³/mol. The summed E-state index contributed by atoms with van der Waals surface area (Å²) in [5.74, 6) is 0.699. The normalized spacial score (nSPS) is 12.3. The number of nitrogens with zero attached hydrogens (tertiary/aromatic N) is 1. The highest BCUT2D eigenvalue weighted by molar-refractivity contribution is 7.98. The zero-order valence-corrected chi connectivity index (χ0v) is 15.0. The molecule has 0 aliphatic carbocycles. The third-order valence-corrected chi connectivity index (χ3v) is 5.41. The summed E-state index contributed by atoms with van der Waals surface area (Å²) in [6.07, 6.45) is 8.39. The molecule has 0 amide bonds. The molecule has 0 bridgehead atoms. The lowest BCUT2D eigenvalue weighted by atomic mass is 10.0. The zero-order chi connectivity index (χ0) is 15.8. The fourth-order valence-corrected chi connectivity index (χ4v) is 3.91. The molecule has 118 valence electrons. The molecule has 1 aromatic heterocycles. The second kappa shape index (κ2) is 9.13. The van der Waals surface area contributed by atoms with E-state index in [0.29, 0.717) is 5.92 Å². The summed E-state index contributed by atoms with van der Waals surface area (Å²) < 4.78 is 0. The molecule has 1 unspecified atom stereocenters. The van der Waals surface area contributed by atoms with Crippen LogP contribution >= 0.6 is 23.1 Å². The molecule has 22 heavy (non-hydrogen) atoms. The van der Waals surface area contributed by atoms with E-state index in [2.05, 4.69) is 54.3 Å². The van der Waals surface area contributed by atoms with Crippen LogP contribution in [0.25, 0.3) is 10.4 Å². The van der Waals surface area contributed by atoms with Crippen molar-refractivity contribution in [3.63, 3.8) is 0 Å². The minimum Gasteiger partial charge on any atom is -0.310 e. The smallest absolute Gasteiger partial charge is 0.107 e. The molecule has 1 heterocycles. The number of nitrogens with one attached hydrogen (secondary N) is 1. The molecule has 2 rings (SSSR count). The van der Waals surface area contributed by atoms with Gasteiger partial charge in [0.2, 0.25) is 0 Å². The van der Waals surface area contributed by atoms with Crippen molar-refractivity contribution in [2.45, 2.75) is 31.2 Å². The molecule has 1 atom stereocenters. The summed E-state index contributed by atoms with van der Waals surface area (Å²) in [5, 5.41) is 4.65. The van der Waals surface area contributed by atoms with Crippen molar-refractivity contribution in [3.05, 3.63) is 48.1 Å². The van der Waals surface area contributed by atoms with E-state index < -0.39 is 0 Å². The molecule has 0 saturated carbocycles. The van der Waals surface area contributed by atoms with Gasteiger partial charge < -0.3 is 5.32 Å². The first-order valence-electron chi connectivity index (χ1n) is 7.64. The van der Waals surface area contributed by atoms with Gasteiger partial charge in [-0.3, -0.25) is 0 Å². The van der Waals surface area contributed by atoms with E-state index in [9.17, 15) is 0 Å². The molecule has 0 fully saturated rings. The third kappa shape index (κ3) is 4.97. The van der Waals surface area contributed by atoms with Crippen LogP contribution in [0.3, 0.4) is 0 Å². The summed E-state index contributed by atoms with van der Waals surface area (Å²) in [5.41, 5.74) is 1.29. The Balaban J connectivity index is 1.88. The lowest BCUT2D eigenvalue weighted by Gasteiger charge is -2.08. The van der Waals surface area contributed by atoms with E-state index in [0.717, 1.165) is 24.5 Å². The average Bonchev–Trinajstić information content (AvgIpc) is 3.00. The Morgan fingerprint density at radius 3 is 3.00 bits per heavy atom. The maximum absolute atomic E-state index is 4.55. The number of hydrogen-bond donors (Lipinski definition) is 1. The Labute approximate surface area is 142 Å². The molecule has 2 aromatic rings. The average molecular weight is 333 g/mol. The van der Waals surface area contributed by atoms with Crippen molar-refractivity contribution < 1.29 is 0 Å². The molecule has 0 aliphatic rings. The van der Waals surface area contributed by atoms with Gasteiger partial charge in [-0.15, -0.1) is 29.7 Å². The molecule has 0 radical (unpaired) electrons. The topological polar surface area (TPSA) is 24.9 Å². The molecule has 0 spiro atoms. The van der Waals surface area contributed by atoms with Crippen LogP contribution in [-0.4, -0.2) is 17.8 Å². The number of rotatable bonds is 9. The fraction of sp³-hybridized carbons (Fsp3) is 0.389. The van der Waals surface area contributed by atoms with E-state index in [1.807, 2.05) is 12.3 Å². The van der Waals surface area contributed by atoms with E-state index in [1.54, 1.807) is 23.1 Å². The van der Waals surface area contributed by atoms with Crippen molar-refractivity contribution in [3.8, 4) is 10.4 Å². The zero-order valence-electron chi connectivity index (χ0n) is 13.3. The van der Waals surface area contributed by atoms with E-state index in [-0.39, 0.29) is 0 Å². The van der Waals surface area contributed by atoms with Crippen LogP contribution in [0.1, 0.15) is 24.8 Å². The van der Waals surface area contributed by atoms with Gasteiger partial charge in [-0.05, 0) is 37.6 Å². The number of allylic oxidation sites excluding steroid dienone is 1. The van der Waals surface area contributed by atoms with E-state index in [1.165, 1.54) is 21.8 Å². The van der Waals surface area contributed by atoms with Crippen molar-refractivity contribution in [2.24, 2.45) is 5.92 Å². The summed E-state index contributed by atoms with van der Waals surface area (Å²) in [6, 6.07) is 8.52. The number of hydrogen-bond acceptors (Lipinski definition) is 4. The monoisotopic (exact) mass is 332 g/mol. The SMILES string of the molecule is C=CCC(C)CCNCc1ncc(-c2ccccc2SC)s1. The van der Waals surface area contributed by atoms with Crippen molar-refractivity contribution in [1.29, 1.82) is 0 Å². The van der Waals surface area contributed by atoms with Crippen LogP contribution in [0.4, 0.5) is 0 Å². The van der Waals surface area contributed by atoms with E-state index in [4.69, 9.17) is 0 Å². The Morgan fingerprint density at radius 1 is 1.41 bits per heavy atom. The largest absolute Gasteiger partial charge is 0.310 e. The summed E-state index contributed by atoms with van der Waals surface area (Å²) in [4.78, 5) is 7.11. The molecule has 2 nitrogen and oxygen atoms in total. The Morgan fingerprint density at radius 2 is 2.23 bits per heavy atom. The first-order chi connectivity index (χ1) is 10.7. The summed E-state index contributed by atoms with van der Waals surface area (Å²) in [7, 11) is 0. The van der Waals surface area contributed by atoms with Gasteiger partial charge in [-0.2, -0.15) is 0 Å². The van der Waals surface area contributed by atoms with Crippen LogP contribution in [0.15, 0.2) is 48.0 Å². The summed E-state index contributed by atoms with van der Waals surface area (Å²) in [6.45, 7) is 7.95. The minimum absolute atomic E-state index is 0.699. The highest BCUT2D eigenvalue weighted by atomic mass is 32.2.